The van der Waals surface area contributed by atoms with Gasteiger partial charge in [0.05, 0.1) is 0 Å². The molecule has 0 bridgehead atoms. The highest BCUT2D eigenvalue weighted by atomic mass is 16.5. The Kier molecular flexibility index (Phi) is 8.65. The molecule has 2 rings (SSSR count). The molecule has 0 spiro atoms. The molecular weight excluding hydrogens is 296 g/mol. The van der Waals surface area contributed by atoms with E-state index < -0.39 is 0 Å². The van der Waals surface area contributed by atoms with E-state index in [2.05, 4.69) is 37.3 Å². The molecule has 0 fully saturated rings. The summed E-state index contributed by atoms with van der Waals surface area (Å²) < 4.78 is 5.67. The minimum Gasteiger partial charge on any atom is -0.458 e. The van der Waals surface area contributed by atoms with E-state index in [0.717, 1.165) is 32.1 Å². The third-order valence-corrected chi connectivity index (χ3v) is 4.73. The second-order valence-corrected chi connectivity index (χ2v) is 6.85. The average molecular weight is 328 g/mol. The maximum Gasteiger partial charge on any atom is 0.306 e. The van der Waals surface area contributed by atoms with Crippen molar-refractivity contribution in [3.63, 3.8) is 0 Å². The van der Waals surface area contributed by atoms with E-state index in [0.29, 0.717) is 6.42 Å². The van der Waals surface area contributed by atoms with Gasteiger partial charge in [-0.15, -0.1) is 0 Å². The topological polar surface area (TPSA) is 26.3 Å². The summed E-state index contributed by atoms with van der Waals surface area (Å²) in [4.78, 5) is 12.0. The molecule has 0 aliphatic heterocycles. The largest absolute Gasteiger partial charge is 0.458 e. The van der Waals surface area contributed by atoms with Gasteiger partial charge >= 0.3 is 5.97 Å². The molecule has 0 amide bonds. The fraction of sp³-hybridized carbons (Fsp3) is 0.591. The van der Waals surface area contributed by atoms with E-state index in [4.69, 9.17) is 4.74 Å². The van der Waals surface area contributed by atoms with E-state index in [9.17, 15) is 4.79 Å². The van der Waals surface area contributed by atoms with Crippen LogP contribution in [0.1, 0.15) is 83.1 Å². The first kappa shape index (κ1) is 18.8. The number of rotatable bonds is 10. The van der Waals surface area contributed by atoms with Crippen molar-refractivity contribution in [2.45, 2.75) is 83.7 Å². The molecule has 0 saturated carbocycles. The van der Waals surface area contributed by atoms with Crippen LogP contribution in [0.3, 0.4) is 0 Å². The number of carbonyl (C=O) groups is 1. The SMILES string of the molecule is CCCCCCCCCC(=O)O[C@H]1C=C(c2ccccc2)CCC1. The number of benzene rings is 1. The van der Waals surface area contributed by atoms with Crippen LogP contribution in [0.15, 0.2) is 36.4 Å². The second-order valence-electron chi connectivity index (χ2n) is 6.85. The van der Waals surface area contributed by atoms with E-state index in [1.807, 2.05) is 6.07 Å². The van der Waals surface area contributed by atoms with Crippen LogP contribution in [0, 0.1) is 0 Å². The lowest BCUT2D eigenvalue weighted by Gasteiger charge is -2.21. The second kappa shape index (κ2) is 11.1. The van der Waals surface area contributed by atoms with Crippen molar-refractivity contribution < 1.29 is 9.53 Å². The lowest BCUT2D eigenvalue weighted by molar-refractivity contribution is -0.147. The monoisotopic (exact) mass is 328 g/mol. The van der Waals surface area contributed by atoms with Crippen molar-refractivity contribution in [3.05, 3.63) is 42.0 Å². The summed E-state index contributed by atoms with van der Waals surface area (Å²) in [7, 11) is 0. The lowest BCUT2D eigenvalue weighted by Crippen LogP contribution is -2.19. The van der Waals surface area contributed by atoms with Crippen LogP contribution in [-0.4, -0.2) is 12.1 Å². The Hall–Kier alpha value is -1.57. The normalized spacial score (nSPS) is 17.4. The third kappa shape index (κ3) is 6.90. The number of hydrogen-bond acceptors (Lipinski definition) is 2. The summed E-state index contributed by atoms with van der Waals surface area (Å²) in [6.45, 7) is 2.24. The first-order chi connectivity index (χ1) is 11.8. The highest BCUT2D eigenvalue weighted by molar-refractivity contribution is 5.71. The Labute approximate surface area is 147 Å². The summed E-state index contributed by atoms with van der Waals surface area (Å²) in [6, 6.07) is 10.4. The smallest absolute Gasteiger partial charge is 0.306 e. The van der Waals surface area contributed by atoms with Gasteiger partial charge in [0.1, 0.15) is 6.10 Å². The number of ether oxygens (including phenoxy) is 1. The van der Waals surface area contributed by atoms with Crippen LogP contribution in [0.5, 0.6) is 0 Å². The molecule has 0 radical (unpaired) electrons. The third-order valence-electron chi connectivity index (χ3n) is 4.73. The van der Waals surface area contributed by atoms with E-state index >= 15 is 0 Å². The van der Waals surface area contributed by atoms with Gasteiger partial charge in [0.25, 0.3) is 0 Å². The van der Waals surface area contributed by atoms with Crippen molar-refractivity contribution in [2.75, 3.05) is 0 Å². The highest BCUT2D eigenvalue weighted by Gasteiger charge is 2.18. The van der Waals surface area contributed by atoms with Gasteiger partial charge in [0, 0.05) is 6.42 Å². The standard InChI is InChI=1S/C22H32O2/c1-2-3-4-5-6-7-11-17-22(23)24-21-16-12-15-20(18-21)19-13-9-8-10-14-19/h8-10,13-14,18,21H,2-7,11-12,15-17H2,1H3/t21-/m1/s1. The Morgan fingerprint density at radius 1 is 1.04 bits per heavy atom. The number of esters is 1. The molecular formula is C22H32O2. The van der Waals surface area contributed by atoms with Crippen LogP contribution >= 0.6 is 0 Å². The van der Waals surface area contributed by atoms with Crippen LogP contribution in [0.2, 0.25) is 0 Å². The first-order valence-electron chi connectivity index (χ1n) is 9.75. The quantitative estimate of drug-likeness (QED) is 0.372. The molecule has 0 unspecified atom stereocenters. The summed E-state index contributed by atoms with van der Waals surface area (Å²) in [6.07, 6.45) is 14.4. The maximum absolute atomic E-state index is 12.0. The molecule has 0 N–H and O–H groups in total. The van der Waals surface area contributed by atoms with Crippen LogP contribution in [0.4, 0.5) is 0 Å². The van der Waals surface area contributed by atoms with Gasteiger partial charge in [-0.1, -0.05) is 75.8 Å². The van der Waals surface area contributed by atoms with Gasteiger partial charge in [-0.25, -0.2) is 0 Å². The molecule has 1 aliphatic carbocycles. The molecule has 2 nitrogen and oxygen atoms in total. The van der Waals surface area contributed by atoms with Crippen molar-refractivity contribution in [1.82, 2.24) is 0 Å². The Bertz CT molecular complexity index is 504. The average Bonchev–Trinajstić information content (AvgIpc) is 2.62. The van der Waals surface area contributed by atoms with Crippen molar-refractivity contribution >= 4 is 11.5 Å². The fourth-order valence-corrected chi connectivity index (χ4v) is 3.32. The minimum atomic E-state index is -0.0361. The van der Waals surface area contributed by atoms with Gasteiger partial charge in [-0.05, 0) is 42.9 Å². The first-order valence-corrected chi connectivity index (χ1v) is 9.75. The summed E-state index contributed by atoms with van der Waals surface area (Å²) in [5.74, 6) is -0.0286. The van der Waals surface area contributed by atoms with Crippen molar-refractivity contribution in [3.8, 4) is 0 Å². The molecule has 2 heteroatoms. The molecule has 1 aliphatic rings. The van der Waals surface area contributed by atoms with Gasteiger partial charge in [0.2, 0.25) is 0 Å². The fourth-order valence-electron chi connectivity index (χ4n) is 3.32. The summed E-state index contributed by atoms with van der Waals surface area (Å²) >= 11 is 0. The Morgan fingerprint density at radius 2 is 1.75 bits per heavy atom. The zero-order chi connectivity index (χ0) is 17.0. The van der Waals surface area contributed by atoms with Crippen molar-refractivity contribution in [1.29, 1.82) is 0 Å². The lowest BCUT2D eigenvalue weighted by atomic mass is 9.92. The van der Waals surface area contributed by atoms with Crippen LogP contribution < -0.4 is 0 Å². The summed E-state index contributed by atoms with van der Waals surface area (Å²) in [5, 5.41) is 0. The van der Waals surface area contributed by atoms with Crippen LogP contribution in [-0.2, 0) is 9.53 Å². The maximum atomic E-state index is 12.0. The molecule has 24 heavy (non-hydrogen) atoms. The van der Waals surface area contributed by atoms with Gasteiger partial charge in [-0.3, -0.25) is 4.79 Å². The van der Waals surface area contributed by atoms with E-state index in [1.54, 1.807) is 0 Å². The molecule has 1 atom stereocenters. The highest BCUT2D eigenvalue weighted by Crippen LogP contribution is 2.28. The number of unbranched alkanes of at least 4 members (excludes halogenated alkanes) is 6. The predicted octanol–water partition coefficient (Wildman–Crippen LogP) is 6.31. The van der Waals surface area contributed by atoms with E-state index in [1.165, 1.54) is 43.2 Å². The van der Waals surface area contributed by atoms with Crippen molar-refractivity contribution in [2.24, 2.45) is 0 Å². The van der Waals surface area contributed by atoms with Crippen LogP contribution in [0.25, 0.3) is 5.57 Å². The number of carbonyl (C=O) groups excluding carboxylic acids is 1. The Balaban J connectivity index is 1.68. The number of allylic oxidation sites excluding steroid dienone is 1. The van der Waals surface area contributed by atoms with Gasteiger partial charge in [0.15, 0.2) is 0 Å². The zero-order valence-corrected chi connectivity index (χ0v) is 15.1. The zero-order valence-electron chi connectivity index (χ0n) is 15.1. The van der Waals surface area contributed by atoms with Gasteiger partial charge in [-0.2, -0.15) is 0 Å². The number of hydrogen-bond donors (Lipinski definition) is 0. The van der Waals surface area contributed by atoms with Gasteiger partial charge < -0.3 is 4.74 Å². The molecule has 0 heterocycles. The van der Waals surface area contributed by atoms with E-state index in [-0.39, 0.29) is 12.1 Å². The predicted molar refractivity (Wildman–Crippen MR) is 101 cm³/mol. The molecule has 0 saturated heterocycles. The molecule has 1 aromatic carbocycles. The summed E-state index contributed by atoms with van der Waals surface area (Å²) in [5.41, 5.74) is 2.57. The molecule has 1 aromatic rings. The Morgan fingerprint density at radius 3 is 2.50 bits per heavy atom. The molecule has 132 valence electrons. The minimum absolute atomic E-state index is 0.0286. The molecule has 0 aromatic heterocycles.